The van der Waals surface area contributed by atoms with Crippen molar-refractivity contribution in [3.05, 3.63) is 57.0 Å². The molecule has 6 nitrogen and oxygen atoms in total. The van der Waals surface area contributed by atoms with Crippen LogP contribution in [0, 0.1) is 0 Å². The summed E-state index contributed by atoms with van der Waals surface area (Å²) in [7, 11) is 0. The highest BCUT2D eigenvalue weighted by atomic mass is 32.1. The molecule has 0 aliphatic carbocycles. The van der Waals surface area contributed by atoms with Crippen LogP contribution in [0.5, 0.6) is 0 Å². The fourth-order valence-corrected chi connectivity index (χ4v) is 2.52. The zero-order valence-electron chi connectivity index (χ0n) is 10.9. The van der Waals surface area contributed by atoms with Gasteiger partial charge >= 0.3 is 5.97 Å². The number of carbonyl (C=O) groups excluding carboxylic acids is 1. The zero-order chi connectivity index (χ0) is 14.7. The summed E-state index contributed by atoms with van der Waals surface area (Å²) in [6.07, 6.45) is 0.180. The second-order valence-corrected chi connectivity index (χ2v) is 5.15. The molecule has 0 radical (unpaired) electrons. The van der Waals surface area contributed by atoms with Crippen molar-refractivity contribution in [1.82, 2.24) is 15.0 Å². The molecule has 21 heavy (non-hydrogen) atoms. The van der Waals surface area contributed by atoms with Gasteiger partial charge in [-0.2, -0.15) is 16.0 Å². The lowest BCUT2D eigenvalue weighted by molar-refractivity contribution is -0.147. The third kappa shape index (κ3) is 2.97. The highest BCUT2D eigenvalue weighted by molar-refractivity contribution is 7.07. The maximum Gasteiger partial charge on any atom is 0.312 e. The van der Waals surface area contributed by atoms with Crippen molar-refractivity contribution < 1.29 is 9.53 Å². The van der Waals surface area contributed by atoms with Crippen LogP contribution >= 0.6 is 11.3 Å². The number of fused-ring (bicyclic) bond motifs is 1. The van der Waals surface area contributed by atoms with Crippen LogP contribution in [0.2, 0.25) is 0 Å². The van der Waals surface area contributed by atoms with Gasteiger partial charge in [0.05, 0.1) is 11.8 Å². The monoisotopic (exact) mass is 301 g/mol. The predicted octanol–water partition coefficient (Wildman–Crippen LogP) is 1.60. The SMILES string of the molecule is O=C(Cc1ccsc1)OCn1nnc2ccccc2c1=O. The average Bonchev–Trinajstić information content (AvgIpc) is 3.00. The molecule has 3 aromatic rings. The van der Waals surface area contributed by atoms with E-state index in [4.69, 9.17) is 4.74 Å². The Morgan fingerprint density at radius 2 is 2.14 bits per heavy atom. The highest BCUT2D eigenvalue weighted by Crippen LogP contribution is 2.07. The summed E-state index contributed by atoms with van der Waals surface area (Å²) in [5, 5.41) is 11.9. The first kappa shape index (κ1) is 13.4. The van der Waals surface area contributed by atoms with Crippen LogP contribution in [-0.2, 0) is 22.7 Å². The maximum atomic E-state index is 12.1. The Kier molecular flexibility index (Phi) is 3.74. The van der Waals surface area contributed by atoms with E-state index < -0.39 is 5.97 Å². The molecule has 0 N–H and O–H groups in total. The molecule has 0 unspecified atom stereocenters. The van der Waals surface area contributed by atoms with Gasteiger partial charge in [0, 0.05) is 0 Å². The van der Waals surface area contributed by atoms with Gasteiger partial charge in [-0.3, -0.25) is 9.59 Å². The summed E-state index contributed by atoms with van der Waals surface area (Å²) in [6.45, 7) is -0.236. The van der Waals surface area contributed by atoms with Gasteiger partial charge < -0.3 is 4.74 Å². The van der Waals surface area contributed by atoms with Gasteiger partial charge in [-0.25, -0.2) is 0 Å². The molecule has 2 heterocycles. The van der Waals surface area contributed by atoms with E-state index >= 15 is 0 Å². The number of ether oxygens (including phenoxy) is 1. The van der Waals surface area contributed by atoms with Crippen molar-refractivity contribution in [2.24, 2.45) is 0 Å². The van der Waals surface area contributed by atoms with Crippen LogP contribution in [0.15, 0.2) is 45.9 Å². The first-order chi connectivity index (χ1) is 10.2. The molecule has 106 valence electrons. The Labute approximate surface area is 123 Å². The third-order valence-electron chi connectivity index (χ3n) is 2.91. The van der Waals surface area contributed by atoms with Crippen molar-refractivity contribution in [3.8, 4) is 0 Å². The fraction of sp³-hybridized carbons (Fsp3) is 0.143. The maximum absolute atomic E-state index is 12.1. The second-order valence-electron chi connectivity index (χ2n) is 4.37. The molecule has 0 bridgehead atoms. The van der Waals surface area contributed by atoms with Gasteiger partial charge in [0.1, 0.15) is 5.52 Å². The van der Waals surface area contributed by atoms with E-state index in [1.807, 2.05) is 16.8 Å². The first-order valence-electron chi connectivity index (χ1n) is 6.23. The number of rotatable bonds is 4. The summed E-state index contributed by atoms with van der Waals surface area (Å²) >= 11 is 1.51. The van der Waals surface area contributed by atoms with E-state index in [-0.39, 0.29) is 18.7 Å². The summed E-state index contributed by atoms with van der Waals surface area (Å²) in [6, 6.07) is 8.75. The van der Waals surface area contributed by atoms with Crippen molar-refractivity contribution in [2.75, 3.05) is 0 Å². The minimum Gasteiger partial charge on any atom is -0.442 e. The number of benzene rings is 1. The molecule has 0 spiro atoms. The Morgan fingerprint density at radius 3 is 2.95 bits per heavy atom. The van der Waals surface area contributed by atoms with Gasteiger partial charge in [0.25, 0.3) is 5.56 Å². The number of hydrogen-bond acceptors (Lipinski definition) is 6. The lowest BCUT2D eigenvalue weighted by Gasteiger charge is -2.06. The molecular formula is C14H11N3O3S. The topological polar surface area (TPSA) is 74.1 Å². The van der Waals surface area contributed by atoms with E-state index in [9.17, 15) is 9.59 Å². The lowest BCUT2D eigenvalue weighted by atomic mass is 10.2. The normalized spacial score (nSPS) is 10.7. The molecule has 1 aromatic carbocycles. The van der Waals surface area contributed by atoms with Gasteiger partial charge in [-0.1, -0.05) is 17.3 Å². The molecule has 0 fully saturated rings. The fourth-order valence-electron chi connectivity index (χ4n) is 1.85. The Morgan fingerprint density at radius 1 is 1.29 bits per heavy atom. The quantitative estimate of drug-likeness (QED) is 0.684. The standard InChI is InChI=1S/C14H11N3O3S/c18-13(7-10-5-6-21-8-10)20-9-17-14(19)11-3-1-2-4-12(11)15-16-17/h1-6,8H,7,9H2. The third-order valence-corrected chi connectivity index (χ3v) is 3.64. The molecule has 0 saturated carbocycles. The molecule has 0 saturated heterocycles. The number of hydrogen-bond donors (Lipinski definition) is 0. The Hall–Kier alpha value is -2.54. The summed E-state index contributed by atoms with van der Waals surface area (Å²) in [5.74, 6) is -0.407. The molecule has 0 aliphatic rings. The van der Waals surface area contributed by atoms with Crippen LogP contribution < -0.4 is 5.56 Å². The van der Waals surface area contributed by atoms with Crippen LogP contribution in [-0.4, -0.2) is 21.0 Å². The molecule has 7 heteroatoms. The molecular weight excluding hydrogens is 290 g/mol. The van der Waals surface area contributed by atoms with Gasteiger partial charge in [0.15, 0.2) is 6.73 Å². The van der Waals surface area contributed by atoms with E-state index in [0.717, 1.165) is 10.2 Å². The number of thiophene rings is 1. The van der Waals surface area contributed by atoms with E-state index in [0.29, 0.717) is 10.9 Å². The van der Waals surface area contributed by atoms with Crippen molar-refractivity contribution in [3.63, 3.8) is 0 Å². The lowest BCUT2D eigenvalue weighted by Crippen LogP contribution is -2.26. The molecule has 3 rings (SSSR count). The molecule has 2 aromatic heterocycles. The summed E-state index contributed by atoms with van der Waals surface area (Å²) in [4.78, 5) is 23.8. The largest absolute Gasteiger partial charge is 0.442 e. The van der Waals surface area contributed by atoms with Gasteiger partial charge in [0.2, 0.25) is 0 Å². The van der Waals surface area contributed by atoms with E-state index in [1.165, 1.54) is 11.3 Å². The van der Waals surface area contributed by atoms with Crippen LogP contribution in [0.25, 0.3) is 10.9 Å². The Balaban J connectivity index is 1.72. The number of aromatic nitrogens is 3. The Bertz CT molecular complexity index is 827. The van der Waals surface area contributed by atoms with Crippen molar-refractivity contribution in [1.29, 1.82) is 0 Å². The number of carbonyl (C=O) groups is 1. The van der Waals surface area contributed by atoms with Gasteiger partial charge in [-0.15, -0.1) is 5.10 Å². The van der Waals surface area contributed by atoms with E-state index in [1.54, 1.807) is 24.3 Å². The van der Waals surface area contributed by atoms with Crippen molar-refractivity contribution >= 4 is 28.2 Å². The minimum absolute atomic E-state index is 0.180. The number of nitrogens with zero attached hydrogens (tertiary/aromatic N) is 3. The van der Waals surface area contributed by atoms with Gasteiger partial charge in [-0.05, 0) is 34.5 Å². The molecule has 0 amide bonds. The van der Waals surface area contributed by atoms with Crippen molar-refractivity contribution in [2.45, 2.75) is 13.2 Å². The summed E-state index contributed by atoms with van der Waals surface area (Å²) < 4.78 is 6.09. The minimum atomic E-state index is -0.407. The average molecular weight is 301 g/mol. The number of esters is 1. The predicted molar refractivity (Wildman–Crippen MR) is 77.9 cm³/mol. The first-order valence-corrected chi connectivity index (χ1v) is 7.17. The second kappa shape index (κ2) is 5.84. The van der Waals surface area contributed by atoms with Crippen LogP contribution in [0.4, 0.5) is 0 Å². The van der Waals surface area contributed by atoms with Crippen LogP contribution in [0.3, 0.4) is 0 Å². The zero-order valence-corrected chi connectivity index (χ0v) is 11.7. The van der Waals surface area contributed by atoms with E-state index in [2.05, 4.69) is 10.3 Å². The summed E-state index contributed by atoms with van der Waals surface area (Å²) in [5.41, 5.74) is 1.08. The molecule has 0 atom stereocenters. The smallest absolute Gasteiger partial charge is 0.312 e. The highest BCUT2D eigenvalue weighted by Gasteiger charge is 2.09. The van der Waals surface area contributed by atoms with Crippen LogP contribution in [0.1, 0.15) is 5.56 Å². The molecule has 0 aliphatic heterocycles.